The number of benzene rings is 1. The summed E-state index contributed by atoms with van der Waals surface area (Å²) in [4.78, 5) is 17.1. The first-order valence-electron chi connectivity index (χ1n) is 7.53. The molecular formula is C16H18ClN3O3S. The second-order valence-electron chi connectivity index (χ2n) is 5.65. The Kier molecular flexibility index (Phi) is 4.93. The number of hydrogen-bond donors (Lipinski definition) is 2. The maximum atomic E-state index is 12.0. The summed E-state index contributed by atoms with van der Waals surface area (Å²) < 4.78 is 10.4. The van der Waals surface area contributed by atoms with Crippen LogP contribution in [0.3, 0.4) is 0 Å². The van der Waals surface area contributed by atoms with E-state index in [0.29, 0.717) is 47.4 Å². The van der Waals surface area contributed by atoms with Gasteiger partial charge >= 0.3 is 5.97 Å². The summed E-state index contributed by atoms with van der Waals surface area (Å²) in [6, 6.07) is 3.49. The molecule has 0 spiro atoms. The third kappa shape index (κ3) is 3.19. The fourth-order valence-electron chi connectivity index (χ4n) is 3.06. The van der Waals surface area contributed by atoms with Crippen LogP contribution >= 0.6 is 23.8 Å². The van der Waals surface area contributed by atoms with Gasteiger partial charge in [0.15, 0.2) is 5.11 Å². The summed E-state index contributed by atoms with van der Waals surface area (Å²) in [7, 11) is 1.35. The molecule has 0 bridgehead atoms. The van der Waals surface area contributed by atoms with E-state index in [0.717, 1.165) is 10.9 Å². The minimum atomic E-state index is -0.429. The molecule has 0 aliphatic carbocycles. The van der Waals surface area contributed by atoms with Gasteiger partial charge in [0.05, 0.1) is 37.4 Å². The number of aromatic nitrogens is 1. The van der Waals surface area contributed by atoms with Crippen molar-refractivity contribution in [1.82, 2.24) is 9.88 Å². The molecule has 2 heterocycles. The van der Waals surface area contributed by atoms with Gasteiger partial charge in [0, 0.05) is 23.2 Å². The molecule has 6 nitrogen and oxygen atoms in total. The highest BCUT2D eigenvalue weighted by atomic mass is 35.5. The van der Waals surface area contributed by atoms with Gasteiger partial charge in [0.25, 0.3) is 0 Å². The van der Waals surface area contributed by atoms with Crippen molar-refractivity contribution in [1.29, 1.82) is 0 Å². The third-order valence-corrected chi connectivity index (χ3v) is 4.66. The molecule has 1 aliphatic heterocycles. The van der Waals surface area contributed by atoms with E-state index in [1.54, 1.807) is 6.07 Å². The van der Waals surface area contributed by atoms with E-state index in [1.807, 2.05) is 17.2 Å². The van der Waals surface area contributed by atoms with Gasteiger partial charge in [0.1, 0.15) is 0 Å². The Morgan fingerprint density at radius 3 is 3.08 bits per heavy atom. The number of rotatable bonds is 3. The first-order chi connectivity index (χ1) is 11.5. The number of nitrogens with one attached hydrogen (secondary N) is 1. The fraction of sp³-hybridized carbons (Fsp3) is 0.375. The van der Waals surface area contributed by atoms with Gasteiger partial charge in [-0.3, -0.25) is 0 Å². The largest absolute Gasteiger partial charge is 0.465 e. The van der Waals surface area contributed by atoms with E-state index >= 15 is 0 Å². The SMILES string of the molecule is COC(=O)c1cc(Cl)cc2c(C[C@H]3COCCN3C(N)=S)c[nH]c12. The smallest absolute Gasteiger partial charge is 0.340 e. The van der Waals surface area contributed by atoms with E-state index in [-0.39, 0.29) is 6.04 Å². The van der Waals surface area contributed by atoms with Gasteiger partial charge in [-0.25, -0.2) is 4.79 Å². The Morgan fingerprint density at radius 1 is 1.58 bits per heavy atom. The van der Waals surface area contributed by atoms with Crippen LogP contribution in [0.5, 0.6) is 0 Å². The monoisotopic (exact) mass is 367 g/mol. The number of aromatic amines is 1. The molecule has 0 saturated carbocycles. The summed E-state index contributed by atoms with van der Waals surface area (Å²) in [6.45, 7) is 1.84. The molecule has 0 unspecified atom stereocenters. The second-order valence-corrected chi connectivity index (χ2v) is 6.50. The highest BCUT2D eigenvalue weighted by Gasteiger charge is 2.25. The quantitative estimate of drug-likeness (QED) is 0.638. The van der Waals surface area contributed by atoms with Gasteiger partial charge in [-0.1, -0.05) is 11.6 Å². The molecule has 1 atom stereocenters. The van der Waals surface area contributed by atoms with E-state index in [4.69, 9.17) is 39.0 Å². The molecule has 1 aliphatic rings. The lowest BCUT2D eigenvalue weighted by Crippen LogP contribution is -2.51. The molecule has 3 N–H and O–H groups in total. The lowest BCUT2D eigenvalue weighted by atomic mass is 10.0. The molecule has 8 heteroatoms. The number of halogens is 1. The number of carbonyl (C=O) groups is 1. The summed E-state index contributed by atoms with van der Waals surface area (Å²) in [5.74, 6) is -0.429. The van der Waals surface area contributed by atoms with Crippen LogP contribution in [-0.4, -0.2) is 53.9 Å². The number of fused-ring (bicyclic) bond motifs is 1. The number of esters is 1. The Balaban J connectivity index is 1.97. The summed E-state index contributed by atoms with van der Waals surface area (Å²) in [6.07, 6.45) is 2.55. The highest BCUT2D eigenvalue weighted by Crippen LogP contribution is 2.28. The summed E-state index contributed by atoms with van der Waals surface area (Å²) in [5, 5.41) is 1.74. The molecular weight excluding hydrogens is 350 g/mol. The Hall–Kier alpha value is -1.83. The zero-order valence-corrected chi connectivity index (χ0v) is 14.7. The van der Waals surface area contributed by atoms with Crippen molar-refractivity contribution < 1.29 is 14.3 Å². The van der Waals surface area contributed by atoms with Crippen molar-refractivity contribution in [3.05, 3.63) is 34.5 Å². The van der Waals surface area contributed by atoms with Crippen LogP contribution < -0.4 is 5.73 Å². The van der Waals surface area contributed by atoms with Gasteiger partial charge in [-0.05, 0) is 36.3 Å². The number of hydrogen-bond acceptors (Lipinski definition) is 4. The number of methoxy groups -OCH3 is 1. The lowest BCUT2D eigenvalue weighted by molar-refractivity contribution is 0.0274. The first kappa shape index (κ1) is 17.0. The molecule has 1 saturated heterocycles. The number of H-pyrrole nitrogens is 1. The van der Waals surface area contributed by atoms with E-state index in [2.05, 4.69) is 4.98 Å². The van der Waals surface area contributed by atoms with Crippen molar-refractivity contribution in [2.45, 2.75) is 12.5 Å². The van der Waals surface area contributed by atoms with E-state index in [9.17, 15) is 4.79 Å². The zero-order chi connectivity index (χ0) is 17.3. The average molecular weight is 368 g/mol. The Labute approximate surface area is 149 Å². The zero-order valence-electron chi connectivity index (χ0n) is 13.2. The number of carbonyl (C=O) groups excluding carboxylic acids is 1. The fourth-order valence-corrected chi connectivity index (χ4v) is 3.52. The normalized spacial score (nSPS) is 17.9. The van der Waals surface area contributed by atoms with Gasteiger partial charge in [-0.2, -0.15) is 0 Å². The summed E-state index contributed by atoms with van der Waals surface area (Å²) >= 11 is 11.3. The van der Waals surface area contributed by atoms with Crippen molar-refractivity contribution >= 4 is 45.8 Å². The van der Waals surface area contributed by atoms with Crippen LogP contribution in [0.4, 0.5) is 0 Å². The van der Waals surface area contributed by atoms with Crippen molar-refractivity contribution in [3.63, 3.8) is 0 Å². The number of nitrogens with two attached hydrogens (primary N) is 1. The van der Waals surface area contributed by atoms with Gasteiger partial charge in [-0.15, -0.1) is 0 Å². The minimum Gasteiger partial charge on any atom is -0.465 e. The first-order valence-corrected chi connectivity index (χ1v) is 8.31. The van der Waals surface area contributed by atoms with E-state index in [1.165, 1.54) is 7.11 Å². The van der Waals surface area contributed by atoms with Crippen molar-refractivity contribution in [2.75, 3.05) is 26.9 Å². The number of morpholine rings is 1. The molecule has 3 rings (SSSR count). The number of ether oxygens (including phenoxy) is 2. The molecule has 128 valence electrons. The van der Waals surface area contributed by atoms with E-state index < -0.39 is 5.97 Å². The summed E-state index contributed by atoms with van der Waals surface area (Å²) in [5.41, 5.74) is 7.96. The van der Waals surface area contributed by atoms with Crippen LogP contribution in [0.25, 0.3) is 10.9 Å². The van der Waals surface area contributed by atoms with Crippen LogP contribution in [0.2, 0.25) is 5.02 Å². The molecule has 1 aromatic heterocycles. The maximum Gasteiger partial charge on any atom is 0.340 e. The van der Waals surface area contributed by atoms with Gasteiger partial charge < -0.3 is 25.1 Å². The predicted molar refractivity (Wildman–Crippen MR) is 96.5 cm³/mol. The third-order valence-electron chi connectivity index (χ3n) is 4.21. The Morgan fingerprint density at radius 2 is 2.38 bits per heavy atom. The molecule has 1 aromatic carbocycles. The van der Waals surface area contributed by atoms with Crippen LogP contribution in [0, 0.1) is 0 Å². The topological polar surface area (TPSA) is 80.6 Å². The van der Waals surface area contributed by atoms with Crippen LogP contribution in [-0.2, 0) is 15.9 Å². The number of nitrogens with zero attached hydrogens (tertiary/aromatic N) is 1. The average Bonchev–Trinajstić information content (AvgIpc) is 2.96. The highest BCUT2D eigenvalue weighted by molar-refractivity contribution is 7.80. The Bertz CT molecular complexity index is 792. The molecule has 0 radical (unpaired) electrons. The van der Waals surface area contributed by atoms with Gasteiger partial charge in [0.2, 0.25) is 0 Å². The standard InChI is InChI=1S/C16H18ClN3O3S/c1-22-15(21)13-6-10(17)5-12-9(7-19-14(12)13)4-11-8-23-3-2-20(11)16(18)24/h5-7,11,19H,2-4,8H2,1H3,(H2,18,24)/t11-/m0/s1. The molecule has 1 fully saturated rings. The molecule has 0 amide bonds. The maximum absolute atomic E-state index is 12.0. The van der Waals surface area contributed by atoms with Crippen molar-refractivity contribution in [2.24, 2.45) is 5.73 Å². The number of thiocarbonyl (C=S) groups is 1. The lowest BCUT2D eigenvalue weighted by Gasteiger charge is -2.36. The molecule has 2 aromatic rings. The molecule has 24 heavy (non-hydrogen) atoms. The van der Waals surface area contributed by atoms with Crippen molar-refractivity contribution in [3.8, 4) is 0 Å². The van der Waals surface area contributed by atoms with Crippen LogP contribution in [0.15, 0.2) is 18.3 Å². The predicted octanol–water partition coefficient (Wildman–Crippen LogP) is 2.09. The van der Waals surface area contributed by atoms with Crippen LogP contribution in [0.1, 0.15) is 15.9 Å². The minimum absolute atomic E-state index is 0.0517. The second kappa shape index (κ2) is 6.96.